The van der Waals surface area contributed by atoms with Crippen LogP contribution in [-0.4, -0.2) is 33.9 Å². The van der Waals surface area contributed by atoms with Gasteiger partial charge in [-0.15, -0.1) is 0 Å². The standard InChI is InChI=1S/C17H27NO2/c1-17(15-8-9-15,13-18-10-11-19-2)12-14-6-4-5-7-16(14)20-3/h4-7,15,18H,8-13H2,1-3H3. The average Bonchev–Trinajstić information content (AvgIpc) is 3.29. The van der Waals surface area contributed by atoms with Crippen LogP contribution in [0.5, 0.6) is 5.75 Å². The van der Waals surface area contributed by atoms with Crippen LogP contribution in [0.3, 0.4) is 0 Å². The molecule has 0 aliphatic heterocycles. The van der Waals surface area contributed by atoms with Crippen LogP contribution in [0.25, 0.3) is 0 Å². The van der Waals surface area contributed by atoms with Crippen molar-refractivity contribution in [3.05, 3.63) is 29.8 Å². The molecule has 1 aromatic rings. The summed E-state index contributed by atoms with van der Waals surface area (Å²) in [6.45, 7) is 5.14. The molecule has 1 atom stereocenters. The van der Waals surface area contributed by atoms with E-state index in [1.54, 1.807) is 14.2 Å². The van der Waals surface area contributed by atoms with Gasteiger partial charge in [-0.25, -0.2) is 0 Å². The zero-order chi connectivity index (χ0) is 14.4. The molecule has 0 amide bonds. The third-order valence-electron chi connectivity index (χ3n) is 4.36. The maximum absolute atomic E-state index is 5.49. The zero-order valence-corrected chi connectivity index (χ0v) is 12.9. The van der Waals surface area contributed by atoms with Crippen molar-refractivity contribution in [3.8, 4) is 5.75 Å². The van der Waals surface area contributed by atoms with Crippen LogP contribution in [0.4, 0.5) is 0 Å². The van der Waals surface area contributed by atoms with Gasteiger partial charge in [-0.1, -0.05) is 25.1 Å². The highest BCUT2D eigenvalue weighted by Gasteiger charge is 2.41. The Morgan fingerprint density at radius 1 is 1.25 bits per heavy atom. The van der Waals surface area contributed by atoms with Gasteiger partial charge in [-0.3, -0.25) is 0 Å². The van der Waals surface area contributed by atoms with Gasteiger partial charge in [-0.2, -0.15) is 0 Å². The lowest BCUT2D eigenvalue weighted by atomic mass is 9.78. The van der Waals surface area contributed by atoms with Gasteiger partial charge in [-0.05, 0) is 42.2 Å². The molecule has 1 N–H and O–H groups in total. The molecule has 1 aromatic carbocycles. The second-order valence-corrected chi connectivity index (χ2v) is 6.09. The summed E-state index contributed by atoms with van der Waals surface area (Å²) in [7, 11) is 3.50. The Morgan fingerprint density at radius 2 is 2.00 bits per heavy atom. The van der Waals surface area contributed by atoms with Crippen molar-refractivity contribution < 1.29 is 9.47 Å². The summed E-state index contributed by atoms with van der Waals surface area (Å²) in [5.41, 5.74) is 1.63. The first-order valence-corrected chi connectivity index (χ1v) is 7.51. The van der Waals surface area contributed by atoms with Gasteiger partial charge in [0.15, 0.2) is 0 Å². The Hall–Kier alpha value is -1.06. The summed E-state index contributed by atoms with van der Waals surface area (Å²) in [4.78, 5) is 0. The fourth-order valence-corrected chi connectivity index (χ4v) is 2.96. The van der Waals surface area contributed by atoms with Crippen molar-refractivity contribution in [1.29, 1.82) is 0 Å². The maximum Gasteiger partial charge on any atom is 0.122 e. The van der Waals surface area contributed by atoms with Crippen LogP contribution in [-0.2, 0) is 11.2 Å². The van der Waals surface area contributed by atoms with Crippen LogP contribution in [0.15, 0.2) is 24.3 Å². The van der Waals surface area contributed by atoms with E-state index in [2.05, 4.69) is 30.4 Å². The Balaban J connectivity index is 2.00. The van der Waals surface area contributed by atoms with E-state index >= 15 is 0 Å². The number of hydrogen-bond acceptors (Lipinski definition) is 3. The first-order valence-electron chi connectivity index (χ1n) is 7.51. The number of ether oxygens (including phenoxy) is 2. The summed E-state index contributed by atoms with van der Waals surface area (Å²) in [6, 6.07) is 8.38. The van der Waals surface area contributed by atoms with E-state index in [-0.39, 0.29) is 0 Å². The van der Waals surface area contributed by atoms with Gasteiger partial charge in [0.1, 0.15) is 5.75 Å². The van der Waals surface area contributed by atoms with Crippen molar-refractivity contribution >= 4 is 0 Å². The molecule has 0 saturated heterocycles. The second kappa shape index (κ2) is 7.09. The molecule has 0 radical (unpaired) electrons. The average molecular weight is 277 g/mol. The van der Waals surface area contributed by atoms with E-state index in [9.17, 15) is 0 Å². The van der Waals surface area contributed by atoms with E-state index in [0.29, 0.717) is 5.41 Å². The van der Waals surface area contributed by atoms with E-state index in [1.165, 1.54) is 18.4 Å². The topological polar surface area (TPSA) is 30.5 Å². The Kier molecular flexibility index (Phi) is 5.44. The smallest absolute Gasteiger partial charge is 0.122 e. The Labute approximate surface area is 122 Å². The summed E-state index contributed by atoms with van der Waals surface area (Å²) in [6.07, 6.45) is 3.79. The summed E-state index contributed by atoms with van der Waals surface area (Å²) < 4.78 is 10.6. The van der Waals surface area contributed by atoms with Gasteiger partial charge in [0, 0.05) is 20.2 Å². The molecule has 0 aromatic heterocycles. The SMILES string of the molecule is COCCNCC(C)(Cc1ccccc1OC)C1CC1. The molecular formula is C17H27NO2. The van der Waals surface area contributed by atoms with E-state index < -0.39 is 0 Å². The van der Waals surface area contributed by atoms with Gasteiger partial charge < -0.3 is 14.8 Å². The van der Waals surface area contributed by atoms with Crippen LogP contribution < -0.4 is 10.1 Å². The normalized spacial score (nSPS) is 17.8. The second-order valence-electron chi connectivity index (χ2n) is 6.09. The first-order chi connectivity index (χ1) is 9.69. The minimum atomic E-state index is 0.308. The fourth-order valence-electron chi connectivity index (χ4n) is 2.96. The minimum absolute atomic E-state index is 0.308. The van der Waals surface area contributed by atoms with Crippen molar-refractivity contribution in [1.82, 2.24) is 5.32 Å². The lowest BCUT2D eigenvalue weighted by molar-refractivity contribution is 0.187. The summed E-state index contributed by atoms with van der Waals surface area (Å²) >= 11 is 0. The third-order valence-corrected chi connectivity index (χ3v) is 4.36. The monoisotopic (exact) mass is 277 g/mol. The van der Waals surface area contributed by atoms with Gasteiger partial charge in [0.25, 0.3) is 0 Å². The Morgan fingerprint density at radius 3 is 2.65 bits per heavy atom. The predicted octanol–water partition coefficient (Wildman–Crippen LogP) is 2.89. The molecule has 3 nitrogen and oxygen atoms in total. The molecule has 1 fully saturated rings. The van der Waals surface area contributed by atoms with Crippen LogP contribution in [0.1, 0.15) is 25.3 Å². The molecule has 2 rings (SSSR count). The van der Waals surface area contributed by atoms with Gasteiger partial charge in [0.05, 0.1) is 13.7 Å². The molecule has 1 aliphatic rings. The largest absolute Gasteiger partial charge is 0.496 e. The lowest BCUT2D eigenvalue weighted by Gasteiger charge is -2.31. The zero-order valence-electron chi connectivity index (χ0n) is 12.9. The van der Waals surface area contributed by atoms with Crippen molar-refractivity contribution in [3.63, 3.8) is 0 Å². The number of hydrogen-bond donors (Lipinski definition) is 1. The summed E-state index contributed by atoms with van der Waals surface area (Å²) in [5, 5.41) is 3.54. The van der Waals surface area contributed by atoms with E-state index in [0.717, 1.165) is 37.8 Å². The van der Waals surface area contributed by atoms with Crippen LogP contribution in [0.2, 0.25) is 0 Å². The number of benzene rings is 1. The van der Waals surface area contributed by atoms with Crippen molar-refractivity contribution in [2.45, 2.75) is 26.2 Å². The minimum Gasteiger partial charge on any atom is -0.496 e. The quantitative estimate of drug-likeness (QED) is 0.704. The molecule has 20 heavy (non-hydrogen) atoms. The van der Waals surface area contributed by atoms with Gasteiger partial charge >= 0.3 is 0 Å². The number of rotatable bonds is 9. The lowest BCUT2D eigenvalue weighted by Crippen LogP contribution is -2.37. The Bertz CT molecular complexity index is 417. The molecule has 3 heteroatoms. The van der Waals surface area contributed by atoms with Gasteiger partial charge in [0.2, 0.25) is 0 Å². The van der Waals surface area contributed by atoms with E-state index in [4.69, 9.17) is 9.47 Å². The molecule has 1 aliphatic carbocycles. The first kappa shape index (κ1) is 15.3. The third kappa shape index (κ3) is 3.97. The number of para-hydroxylation sites is 1. The molecule has 112 valence electrons. The van der Waals surface area contributed by atoms with Crippen LogP contribution >= 0.6 is 0 Å². The molecule has 1 unspecified atom stereocenters. The van der Waals surface area contributed by atoms with Crippen LogP contribution in [0, 0.1) is 11.3 Å². The summed E-state index contributed by atoms with van der Waals surface area (Å²) in [5.74, 6) is 1.85. The highest BCUT2D eigenvalue weighted by molar-refractivity contribution is 5.34. The predicted molar refractivity (Wildman–Crippen MR) is 82.3 cm³/mol. The van der Waals surface area contributed by atoms with E-state index in [1.807, 2.05) is 6.07 Å². The fraction of sp³-hybridized carbons (Fsp3) is 0.647. The molecule has 0 bridgehead atoms. The molecule has 0 spiro atoms. The highest BCUT2D eigenvalue weighted by Crippen LogP contribution is 2.47. The van der Waals surface area contributed by atoms with Crippen molar-refractivity contribution in [2.24, 2.45) is 11.3 Å². The highest BCUT2D eigenvalue weighted by atomic mass is 16.5. The molecular weight excluding hydrogens is 250 g/mol. The van der Waals surface area contributed by atoms with Crippen molar-refractivity contribution in [2.75, 3.05) is 33.9 Å². The number of nitrogens with one attached hydrogen (secondary N) is 1. The number of methoxy groups -OCH3 is 2. The molecule has 0 heterocycles. The molecule has 1 saturated carbocycles. The maximum atomic E-state index is 5.49.